The maximum absolute atomic E-state index is 12.9. The summed E-state index contributed by atoms with van der Waals surface area (Å²) in [6.45, 7) is 4.11. The molecule has 3 aromatic carbocycles. The molecule has 0 unspecified atom stereocenters. The molecular weight excluding hydrogens is 343 g/mol. The summed E-state index contributed by atoms with van der Waals surface area (Å²) in [6, 6.07) is 23.2. The van der Waals surface area contributed by atoms with Gasteiger partial charge in [0.05, 0.1) is 0 Å². The Morgan fingerprint density at radius 1 is 0.815 bits per heavy atom. The van der Waals surface area contributed by atoms with Crippen LogP contribution in [0.2, 0.25) is 0 Å². The summed E-state index contributed by atoms with van der Waals surface area (Å²) in [5, 5.41) is 0. The minimum Gasteiger partial charge on any atom is -0.482 e. The third-order valence-corrected chi connectivity index (χ3v) is 4.47. The van der Waals surface area contributed by atoms with E-state index in [-0.39, 0.29) is 23.6 Å². The molecule has 0 aliphatic heterocycles. The third-order valence-electron chi connectivity index (χ3n) is 4.47. The van der Waals surface area contributed by atoms with E-state index in [1.54, 1.807) is 0 Å². The van der Waals surface area contributed by atoms with Crippen LogP contribution in [0.1, 0.15) is 25.0 Å². The van der Waals surface area contributed by atoms with Crippen molar-refractivity contribution in [3.8, 4) is 11.5 Å². The fourth-order valence-electron chi connectivity index (χ4n) is 2.80. The summed E-state index contributed by atoms with van der Waals surface area (Å²) in [4.78, 5) is 11.8. The first-order valence-electron chi connectivity index (χ1n) is 8.70. The monoisotopic (exact) mass is 364 g/mol. The molecule has 0 amide bonds. The Labute approximate surface area is 158 Å². The average molecular weight is 364 g/mol. The molecule has 0 atom stereocenters. The number of hydrogen-bond donors (Lipinski definition) is 0. The van der Waals surface area contributed by atoms with Crippen molar-refractivity contribution in [2.45, 2.75) is 19.3 Å². The van der Waals surface area contributed by atoms with Crippen LogP contribution in [0.4, 0.5) is 4.39 Å². The van der Waals surface area contributed by atoms with Gasteiger partial charge >= 0.3 is 5.97 Å². The zero-order valence-corrected chi connectivity index (χ0v) is 15.3. The lowest BCUT2D eigenvalue weighted by Gasteiger charge is -2.26. The van der Waals surface area contributed by atoms with E-state index in [0.29, 0.717) is 5.75 Å². The molecule has 0 saturated heterocycles. The molecule has 0 spiro atoms. The first-order chi connectivity index (χ1) is 12.9. The smallest absolute Gasteiger partial charge is 0.349 e. The van der Waals surface area contributed by atoms with Gasteiger partial charge in [-0.2, -0.15) is 0 Å². The summed E-state index contributed by atoms with van der Waals surface area (Å²) in [6.07, 6.45) is 0. The first kappa shape index (κ1) is 18.6. The number of carbonyl (C=O) groups is 1. The Morgan fingerprint density at radius 3 is 2.00 bits per heavy atom. The van der Waals surface area contributed by atoms with Crippen molar-refractivity contribution in [2.75, 3.05) is 6.61 Å². The summed E-state index contributed by atoms with van der Waals surface area (Å²) in [5.41, 5.74) is 2.23. The molecule has 4 heteroatoms. The molecule has 138 valence electrons. The van der Waals surface area contributed by atoms with Gasteiger partial charge in [-0.05, 0) is 47.5 Å². The van der Waals surface area contributed by atoms with Crippen LogP contribution in [-0.2, 0) is 10.2 Å². The maximum atomic E-state index is 12.9. The minimum absolute atomic E-state index is 0.138. The number of rotatable bonds is 6. The molecule has 0 aromatic heterocycles. The van der Waals surface area contributed by atoms with Gasteiger partial charge in [-0.3, -0.25) is 0 Å². The van der Waals surface area contributed by atoms with Crippen LogP contribution in [0.15, 0.2) is 78.9 Å². The third kappa shape index (κ3) is 4.73. The molecule has 0 heterocycles. The second-order valence-electron chi connectivity index (χ2n) is 6.73. The van der Waals surface area contributed by atoms with Crippen molar-refractivity contribution in [3.63, 3.8) is 0 Å². The van der Waals surface area contributed by atoms with Gasteiger partial charge in [0, 0.05) is 5.41 Å². The number of benzene rings is 3. The largest absolute Gasteiger partial charge is 0.482 e. The standard InChI is InChI=1S/C23H21FO3/c1-23(2,17-6-4-3-5-7-17)18-8-12-20(13-9-18)26-16-22(25)27-21-14-10-19(24)11-15-21/h3-15H,16H2,1-2H3. The molecule has 3 rings (SSSR count). The average Bonchev–Trinajstić information content (AvgIpc) is 2.69. The number of ether oxygens (including phenoxy) is 2. The maximum Gasteiger partial charge on any atom is 0.349 e. The van der Waals surface area contributed by atoms with E-state index in [4.69, 9.17) is 9.47 Å². The quantitative estimate of drug-likeness (QED) is 0.449. The molecule has 0 N–H and O–H groups in total. The second-order valence-corrected chi connectivity index (χ2v) is 6.73. The molecule has 0 aliphatic carbocycles. The summed E-state index contributed by atoms with van der Waals surface area (Å²) in [5.74, 6) is -0.0662. The van der Waals surface area contributed by atoms with E-state index >= 15 is 0 Å². The van der Waals surface area contributed by atoms with Gasteiger partial charge in [-0.25, -0.2) is 9.18 Å². The molecule has 0 aliphatic rings. The molecule has 27 heavy (non-hydrogen) atoms. The molecule has 0 radical (unpaired) electrons. The van der Waals surface area contributed by atoms with Crippen molar-refractivity contribution in [3.05, 3.63) is 95.8 Å². The van der Waals surface area contributed by atoms with E-state index in [1.165, 1.54) is 29.8 Å². The summed E-state index contributed by atoms with van der Waals surface area (Å²) >= 11 is 0. The molecular formula is C23H21FO3. The highest BCUT2D eigenvalue weighted by atomic mass is 19.1. The van der Waals surface area contributed by atoms with Crippen LogP contribution in [0.3, 0.4) is 0 Å². The molecule has 0 saturated carbocycles. The highest BCUT2D eigenvalue weighted by Gasteiger charge is 2.22. The molecule has 0 bridgehead atoms. The minimum atomic E-state index is -0.546. The van der Waals surface area contributed by atoms with E-state index < -0.39 is 5.97 Å². The van der Waals surface area contributed by atoms with E-state index in [9.17, 15) is 9.18 Å². The Balaban J connectivity index is 1.59. The Bertz CT molecular complexity index is 885. The van der Waals surface area contributed by atoms with Crippen LogP contribution in [0, 0.1) is 5.82 Å². The zero-order valence-electron chi connectivity index (χ0n) is 15.3. The van der Waals surface area contributed by atoms with Crippen LogP contribution >= 0.6 is 0 Å². The van der Waals surface area contributed by atoms with Crippen molar-refractivity contribution in [1.82, 2.24) is 0 Å². The summed E-state index contributed by atoms with van der Waals surface area (Å²) in [7, 11) is 0. The highest BCUT2D eigenvalue weighted by Crippen LogP contribution is 2.32. The lowest BCUT2D eigenvalue weighted by molar-refractivity contribution is -0.136. The van der Waals surface area contributed by atoms with E-state index in [2.05, 4.69) is 26.0 Å². The lowest BCUT2D eigenvalue weighted by atomic mass is 9.78. The fraction of sp³-hybridized carbons (Fsp3) is 0.174. The molecule has 3 aromatic rings. The second kappa shape index (κ2) is 8.04. The first-order valence-corrected chi connectivity index (χ1v) is 8.70. The van der Waals surface area contributed by atoms with Crippen LogP contribution in [0.5, 0.6) is 11.5 Å². The van der Waals surface area contributed by atoms with Crippen molar-refractivity contribution in [2.24, 2.45) is 0 Å². The molecule has 0 fully saturated rings. The Kier molecular flexibility index (Phi) is 5.55. The summed E-state index contributed by atoms with van der Waals surface area (Å²) < 4.78 is 23.4. The number of carbonyl (C=O) groups excluding carboxylic acids is 1. The van der Waals surface area contributed by atoms with Crippen LogP contribution < -0.4 is 9.47 Å². The Morgan fingerprint density at radius 2 is 1.37 bits per heavy atom. The molecule has 3 nitrogen and oxygen atoms in total. The van der Waals surface area contributed by atoms with Gasteiger partial charge in [0.2, 0.25) is 0 Å². The van der Waals surface area contributed by atoms with Gasteiger partial charge in [0.15, 0.2) is 6.61 Å². The number of halogens is 1. The Hall–Kier alpha value is -3.14. The normalized spacial score (nSPS) is 11.1. The number of hydrogen-bond acceptors (Lipinski definition) is 3. The van der Waals surface area contributed by atoms with Crippen molar-refractivity contribution < 1.29 is 18.7 Å². The fourth-order valence-corrected chi connectivity index (χ4v) is 2.80. The van der Waals surface area contributed by atoms with Crippen molar-refractivity contribution >= 4 is 5.97 Å². The van der Waals surface area contributed by atoms with Gasteiger partial charge in [0.1, 0.15) is 17.3 Å². The predicted molar refractivity (Wildman–Crippen MR) is 103 cm³/mol. The van der Waals surface area contributed by atoms with Gasteiger partial charge in [0.25, 0.3) is 0 Å². The lowest BCUT2D eigenvalue weighted by Crippen LogP contribution is -2.19. The highest BCUT2D eigenvalue weighted by molar-refractivity contribution is 5.73. The van der Waals surface area contributed by atoms with Gasteiger partial charge in [-0.1, -0.05) is 56.3 Å². The SMILES string of the molecule is CC(C)(c1ccccc1)c1ccc(OCC(=O)Oc2ccc(F)cc2)cc1. The topological polar surface area (TPSA) is 35.5 Å². The van der Waals surface area contributed by atoms with Gasteiger partial charge < -0.3 is 9.47 Å². The predicted octanol–water partition coefficient (Wildman–Crippen LogP) is 5.14. The number of esters is 1. The van der Waals surface area contributed by atoms with E-state index in [1.807, 2.05) is 42.5 Å². The van der Waals surface area contributed by atoms with E-state index in [0.717, 1.165) is 5.56 Å². The van der Waals surface area contributed by atoms with Crippen molar-refractivity contribution in [1.29, 1.82) is 0 Å². The van der Waals surface area contributed by atoms with Crippen LogP contribution in [-0.4, -0.2) is 12.6 Å². The van der Waals surface area contributed by atoms with Crippen LogP contribution in [0.25, 0.3) is 0 Å². The van der Waals surface area contributed by atoms with Gasteiger partial charge in [-0.15, -0.1) is 0 Å². The zero-order chi connectivity index (χ0) is 19.3.